The Kier molecular flexibility index (Phi) is 6.02. The van der Waals surface area contributed by atoms with E-state index in [2.05, 4.69) is 193 Å². The molecule has 0 saturated carbocycles. The predicted octanol–water partition coefficient (Wildman–Crippen LogP) is 14.1. The third-order valence-corrected chi connectivity index (χ3v) is 10.9. The number of nitrogens with zero attached hydrogens (tertiary/aromatic N) is 1. The van der Waals surface area contributed by atoms with Crippen molar-refractivity contribution >= 4 is 38.6 Å². The Morgan fingerprint density at radius 2 is 0.804 bits per heavy atom. The Morgan fingerprint density at radius 1 is 0.275 bits per heavy atom. The molecule has 0 N–H and O–H groups in total. The van der Waals surface area contributed by atoms with E-state index >= 15 is 0 Å². The molecule has 9 aromatic carbocycles. The van der Waals surface area contributed by atoms with E-state index in [0.717, 1.165) is 17.1 Å². The Labute approximate surface area is 297 Å². The molecule has 0 unspecified atom stereocenters. The molecule has 0 fully saturated rings. The summed E-state index contributed by atoms with van der Waals surface area (Å²) >= 11 is 0. The molecule has 6 bridgehead atoms. The second-order valence-corrected chi connectivity index (χ2v) is 13.6. The van der Waals surface area contributed by atoms with Gasteiger partial charge in [-0.2, -0.15) is 0 Å². The van der Waals surface area contributed by atoms with Gasteiger partial charge in [0, 0.05) is 16.6 Å². The maximum absolute atomic E-state index is 2.48. The summed E-state index contributed by atoms with van der Waals surface area (Å²) in [4.78, 5) is 2.48. The third-order valence-electron chi connectivity index (χ3n) is 10.9. The van der Waals surface area contributed by atoms with Crippen LogP contribution in [-0.4, -0.2) is 0 Å². The lowest BCUT2D eigenvalue weighted by Gasteiger charge is -2.30. The molecule has 51 heavy (non-hydrogen) atoms. The van der Waals surface area contributed by atoms with Gasteiger partial charge in [-0.15, -0.1) is 0 Å². The van der Waals surface area contributed by atoms with Gasteiger partial charge in [0.2, 0.25) is 0 Å². The van der Waals surface area contributed by atoms with E-state index in [1.165, 1.54) is 88.3 Å². The quantitative estimate of drug-likeness (QED) is 0.184. The SMILES string of the molecule is c1ccc2c(c1)-c1cccc3c1-c1cc(N(c4ccccc4-c4ccc5ccccc5c4)c4cccc5ccccc45)ccc1-c1cccc-3c1-2. The Bertz CT molecular complexity index is 2850. The number of fused-ring (bicyclic) bond motifs is 6. The van der Waals surface area contributed by atoms with Crippen molar-refractivity contribution < 1.29 is 0 Å². The summed E-state index contributed by atoms with van der Waals surface area (Å²) in [5.41, 5.74) is 18.8. The zero-order chi connectivity index (χ0) is 33.5. The van der Waals surface area contributed by atoms with Crippen LogP contribution in [0.5, 0.6) is 0 Å². The standard InChI is InChI=1S/C50H31N/c1-2-14-34-30-35(27-26-32(34)12-1)38-17-7-8-24-47(38)51(48-25-9-15-33-13-3-4-16-37(33)48)36-28-29-40-43-21-11-22-44-45-23-10-20-42(50(45)46(40)31-36)39-18-5-6-19-41(39)49(43)44/h1-31H. The molecule has 0 aliphatic heterocycles. The largest absolute Gasteiger partial charge is 0.309 e. The van der Waals surface area contributed by atoms with Gasteiger partial charge in [0.25, 0.3) is 0 Å². The zero-order valence-electron chi connectivity index (χ0n) is 27.8. The van der Waals surface area contributed by atoms with Crippen molar-refractivity contribution in [2.24, 2.45) is 0 Å². The van der Waals surface area contributed by atoms with Gasteiger partial charge in [0.05, 0.1) is 11.4 Å². The van der Waals surface area contributed by atoms with E-state index in [1.807, 2.05) is 0 Å². The van der Waals surface area contributed by atoms with Crippen molar-refractivity contribution in [3.8, 4) is 66.8 Å². The van der Waals surface area contributed by atoms with E-state index in [4.69, 9.17) is 0 Å². The van der Waals surface area contributed by atoms with Crippen LogP contribution in [0.3, 0.4) is 0 Å². The van der Waals surface area contributed by atoms with Crippen LogP contribution < -0.4 is 4.90 Å². The Morgan fingerprint density at radius 3 is 1.61 bits per heavy atom. The fourth-order valence-electron chi connectivity index (χ4n) is 8.71. The Hall–Kier alpha value is -6.70. The lowest BCUT2D eigenvalue weighted by atomic mass is 9.83. The monoisotopic (exact) mass is 645 g/mol. The average molecular weight is 646 g/mol. The fraction of sp³-hybridized carbons (Fsp3) is 0. The number of rotatable bonds is 4. The molecule has 236 valence electrons. The summed E-state index contributed by atoms with van der Waals surface area (Å²) in [7, 11) is 0. The molecular weight excluding hydrogens is 615 g/mol. The molecule has 0 heterocycles. The highest BCUT2D eigenvalue weighted by Crippen LogP contribution is 2.58. The topological polar surface area (TPSA) is 3.24 Å². The van der Waals surface area contributed by atoms with E-state index in [9.17, 15) is 0 Å². The number of hydrogen-bond donors (Lipinski definition) is 0. The van der Waals surface area contributed by atoms with Crippen LogP contribution in [0.1, 0.15) is 0 Å². The van der Waals surface area contributed by atoms with E-state index in [0.29, 0.717) is 0 Å². The summed E-state index contributed by atoms with van der Waals surface area (Å²) in [6, 6.07) is 69.5. The molecule has 1 heteroatoms. The average Bonchev–Trinajstić information content (AvgIpc) is 3.30. The summed E-state index contributed by atoms with van der Waals surface area (Å²) in [5, 5.41) is 4.92. The van der Waals surface area contributed by atoms with Gasteiger partial charge in [-0.25, -0.2) is 0 Å². The molecule has 1 nitrogen and oxygen atoms in total. The van der Waals surface area contributed by atoms with Gasteiger partial charge >= 0.3 is 0 Å². The molecule has 2 aliphatic carbocycles. The number of benzene rings is 9. The van der Waals surface area contributed by atoms with Crippen molar-refractivity contribution in [1.29, 1.82) is 0 Å². The van der Waals surface area contributed by atoms with Crippen LogP contribution in [0.4, 0.5) is 17.1 Å². The van der Waals surface area contributed by atoms with Gasteiger partial charge in [-0.1, -0.05) is 158 Å². The first-order chi connectivity index (χ1) is 25.3. The molecule has 0 radical (unpaired) electrons. The summed E-state index contributed by atoms with van der Waals surface area (Å²) in [6.07, 6.45) is 0. The number of anilines is 3. The molecule has 11 rings (SSSR count). The fourth-order valence-corrected chi connectivity index (χ4v) is 8.71. The van der Waals surface area contributed by atoms with E-state index in [-0.39, 0.29) is 0 Å². The predicted molar refractivity (Wildman–Crippen MR) is 216 cm³/mol. The molecule has 0 spiro atoms. The molecule has 0 amide bonds. The molecule has 0 aromatic heterocycles. The first-order valence-electron chi connectivity index (χ1n) is 17.7. The second kappa shape index (κ2) is 10.9. The van der Waals surface area contributed by atoms with Crippen LogP contribution >= 0.6 is 0 Å². The number of para-hydroxylation sites is 1. The maximum Gasteiger partial charge on any atom is 0.0540 e. The molecule has 0 saturated heterocycles. The first-order valence-corrected chi connectivity index (χ1v) is 17.7. The zero-order valence-corrected chi connectivity index (χ0v) is 27.8. The minimum Gasteiger partial charge on any atom is -0.309 e. The minimum atomic E-state index is 1.13. The third kappa shape index (κ3) is 4.16. The van der Waals surface area contributed by atoms with Crippen LogP contribution in [0.15, 0.2) is 188 Å². The summed E-state index contributed by atoms with van der Waals surface area (Å²) < 4.78 is 0. The molecule has 2 aliphatic rings. The second-order valence-electron chi connectivity index (χ2n) is 13.6. The Balaban J connectivity index is 1.21. The van der Waals surface area contributed by atoms with E-state index < -0.39 is 0 Å². The maximum atomic E-state index is 2.48. The molecular formula is C50H31N. The normalized spacial score (nSPS) is 11.9. The van der Waals surface area contributed by atoms with Gasteiger partial charge < -0.3 is 4.90 Å². The van der Waals surface area contributed by atoms with Crippen molar-refractivity contribution in [3.63, 3.8) is 0 Å². The molecule has 9 aromatic rings. The minimum absolute atomic E-state index is 1.13. The van der Waals surface area contributed by atoms with Crippen LogP contribution in [-0.2, 0) is 0 Å². The van der Waals surface area contributed by atoms with Crippen LogP contribution in [0.25, 0.3) is 88.3 Å². The lowest BCUT2D eigenvalue weighted by molar-refractivity contribution is 1.30. The van der Waals surface area contributed by atoms with Gasteiger partial charge in [-0.3, -0.25) is 0 Å². The smallest absolute Gasteiger partial charge is 0.0540 e. The molecule has 0 atom stereocenters. The van der Waals surface area contributed by atoms with Crippen molar-refractivity contribution in [2.75, 3.05) is 4.90 Å². The van der Waals surface area contributed by atoms with Gasteiger partial charge in [0.15, 0.2) is 0 Å². The van der Waals surface area contributed by atoms with Crippen molar-refractivity contribution in [2.45, 2.75) is 0 Å². The highest BCUT2D eigenvalue weighted by atomic mass is 15.1. The van der Waals surface area contributed by atoms with Crippen LogP contribution in [0, 0.1) is 0 Å². The van der Waals surface area contributed by atoms with Gasteiger partial charge in [0.1, 0.15) is 0 Å². The van der Waals surface area contributed by atoms with Gasteiger partial charge in [-0.05, 0) is 108 Å². The highest BCUT2D eigenvalue weighted by molar-refractivity contribution is 6.15. The van der Waals surface area contributed by atoms with E-state index in [1.54, 1.807) is 0 Å². The summed E-state index contributed by atoms with van der Waals surface area (Å²) in [6.45, 7) is 0. The summed E-state index contributed by atoms with van der Waals surface area (Å²) in [5.74, 6) is 0. The lowest BCUT2D eigenvalue weighted by Crippen LogP contribution is -2.12. The highest BCUT2D eigenvalue weighted by Gasteiger charge is 2.31. The number of hydrogen-bond acceptors (Lipinski definition) is 1. The first kappa shape index (κ1) is 28.2. The van der Waals surface area contributed by atoms with Crippen molar-refractivity contribution in [1.82, 2.24) is 0 Å². The van der Waals surface area contributed by atoms with Crippen LogP contribution in [0.2, 0.25) is 0 Å². The van der Waals surface area contributed by atoms with Crippen molar-refractivity contribution in [3.05, 3.63) is 188 Å².